The van der Waals surface area contributed by atoms with Crippen LogP contribution in [0.15, 0.2) is 18.2 Å². The van der Waals surface area contributed by atoms with Crippen LogP contribution in [-0.4, -0.2) is 6.04 Å². The zero-order valence-electron chi connectivity index (χ0n) is 5.27. The molecule has 0 saturated heterocycles. The maximum atomic E-state index is 12.6. The Hall–Kier alpha value is -0.960. The molecular formula is C7H3ClF2O. The van der Waals surface area contributed by atoms with E-state index in [1.165, 1.54) is 12.1 Å². The molecule has 4 heteroatoms. The van der Waals surface area contributed by atoms with Crippen molar-refractivity contribution in [1.29, 1.82) is 0 Å². The van der Waals surface area contributed by atoms with Crippen molar-refractivity contribution in [2.75, 3.05) is 0 Å². The van der Waals surface area contributed by atoms with Crippen molar-refractivity contribution in [3.8, 4) is 0 Å². The summed E-state index contributed by atoms with van der Waals surface area (Å²) in [5.41, 5.74) is -0.700. The number of carbonyl (C=O) groups excluding carboxylic acids is 1. The first-order valence-corrected chi connectivity index (χ1v) is 3.14. The van der Waals surface area contributed by atoms with Crippen molar-refractivity contribution in [3.05, 3.63) is 34.6 Å². The van der Waals surface area contributed by atoms with Gasteiger partial charge in [-0.1, -0.05) is 17.7 Å². The second-order valence-corrected chi connectivity index (χ2v) is 2.28. The van der Waals surface area contributed by atoms with Gasteiger partial charge in [0.15, 0.2) is 0 Å². The van der Waals surface area contributed by atoms with Crippen molar-refractivity contribution in [2.24, 2.45) is 0 Å². The normalized spacial score (nSPS) is 9.73. The smallest absolute Gasteiger partial charge is 0.255 e. The van der Waals surface area contributed by atoms with Crippen molar-refractivity contribution >= 4 is 17.6 Å². The summed E-state index contributed by atoms with van der Waals surface area (Å²) in [5.74, 6) is -0.940. The molecule has 0 aliphatic carbocycles. The Bertz CT molecular complexity index is 278. The average molecular weight is 177 g/mol. The summed E-state index contributed by atoms with van der Waals surface area (Å²) in [4.78, 5) is 10.1. The summed E-state index contributed by atoms with van der Waals surface area (Å²) in [6.07, 6.45) is 0. The Morgan fingerprint density at radius 3 is 2.45 bits per heavy atom. The van der Waals surface area contributed by atoms with E-state index in [1.807, 2.05) is 0 Å². The summed E-state index contributed by atoms with van der Waals surface area (Å²) in [7, 11) is 0. The van der Waals surface area contributed by atoms with E-state index in [1.54, 1.807) is 0 Å². The van der Waals surface area contributed by atoms with Crippen LogP contribution < -0.4 is 0 Å². The highest BCUT2D eigenvalue weighted by atomic mass is 35.5. The first-order valence-electron chi connectivity index (χ1n) is 2.77. The van der Waals surface area contributed by atoms with Crippen molar-refractivity contribution in [2.45, 2.75) is 0 Å². The van der Waals surface area contributed by atoms with Crippen molar-refractivity contribution in [3.63, 3.8) is 0 Å². The highest BCUT2D eigenvalue weighted by molar-refractivity contribution is 6.33. The highest BCUT2D eigenvalue weighted by Gasteiger charge is 2.13. The third kappa shape index (κ3) is 1.54. The van der Waals surface area contributed by atoms with E-state index in [9.17, 15) is 13.6 Å². The van der Waals surface area contributed by atoms with Gasteiger partial charge in [-0.3, -0.25) is 4.79 Å². The van der Waals surface area contributed by atoms with Gasteiger partial charge in [-0.15, -0.1) is 0 Å². The fraction of sp³-hybridized carbons (Fsp3) is 0. The van der Waals surface area contributed by atoms with Gasteiger partial charge in [0.2, 0.25) is 0 Å². The van der Waals surface area contributed by atoms with Crippen molar-refractivity contribution < 1.29 is 13.6 Å². The lowest BCUT2D eigenvalue weighted by atomic mass is 10.2. The minimum Gasteiger partial charge on any atom is -0.255 e. The van der Waals surface area contributed by atoms with E-state index in [0.717, 1.165) is 6.07 Å². The van der Waals surface area contributed by atoms with Gasteiger partial charge in [-0.25, -0.2) is 4.39 Å². The van der Waals surface area contributed by atoms with Crippen LogP contribution in [0, 0.1) is 5.82 Å². The number of hydrogen-bond acceptors (Lipinski definition) is 1. The molecule has 1 nitrogen and oxygen atoms in total. The van der Waals surface area contributed by atoms with E-state index in [-0.39, 0.29) is 5.02 Å². The van der Waals surface area contributed by atoms with E-state index in [2.05, 4.69) is 0 Å². The quantitative estimate of drug-likeness (QED) is 0.601. The minimum absolute atomic E-state index is 0.211. The summed E-state index contributed by atoms with van der Waals surface area (Å²) in [5, 5.41) is -0.211. The molecule has 0 aromatic heterocycles. The second-order valence-electron chi connectivity index (χ2n) is 1.87. The number of rotatable bonds is 1. The molecule has 1 rings (SSSR count). The van der Waals surface area contributed by atoms with Gasteiger partial charge in [0, 0.05) is 0 Å². The van der Waals surface area contributed by atoms with Crippen LogP contribution in [-0.2, 0) is 0 Å². The number of hydrogen-bond donors (Lipinski definition) is 0. The molecular weight excluding hydrogens is 174 g/mol. The van der Waals surface area contributed by atoms with Crippen LogP contribution in [0.25, 0.3) is 0 Å². The Balaban J connectivity index is 3.32. The van der Waals surface area contributed by atoms with Crippen LogP contribution in [0.1, 0.15) is 10.4 Å². The summed E-state index contributed by atoms with van der Waals surface area (Å²) >= 11 is 5.32. The lowest BCUT2D eigenvalue weighted by molar-refractivity contribution is 0.0831. The predicted molar refractivity (Wildman–Crippen MR) is 36.8 cm³/mol. The predicted octanol–water partition coefficient (Wildman–Crippen LogP) is 2.59. The molecule has 0 radical (unpaired) electrons. The molecule has 0 amide bonds. The molecule has 0 bridgehead atoms. The van der Waals surface area contributed by atoms with E-state index in [4.69, 9.17) is 11.6 Å². The lowest BCUT2D eigenvalue weighted by Gasteiger charge is -1.96. The average Bonchev–Trinajstić information content (AvgIpc) is 1.85. The van der Waals surface area contributed by atoms with Gasteiger partial charge in [0.1, 0.15) is 11.4 Å². The lowest BCUT2D eigenvalue weighted by Crippen LogP contribution is -1.95. The third-order valence-corrected chi connectivity index (χ3v) is 1.47. The molecule has 0 atom stereocenters. The molecule has 0 aliphatic heterocycles. The summed E-state index contributed by atoms with van der Waals surface area (Å²) in [6.45, 7) is 0. The molecule has 0 fully saturated rings. The molecule has 0 spiro atoms. The minimum atomic E-state index is -1.85. The number of halogens is 3. The van der Waals surface area contributed by atoms with Gasteiger partial charge in [-0.2, -0.15) is 4.39 Å². The second kappa shape index (κ2) is 2.96. The fourth-order valence-electron chi connectivity index (χ4n) is 0.686. The summed E-state index contributed by atoms with van der Waals surface area (Å²) in [6, 6.07) is 1.66. The van der Waals surface area contributed by atoms with Gasteiger partial charge in [0.25, 0.3) is 0 Å². The van der Waals surface area contributed by atoms with Crippen LogP contribution in [0.3, 0.4) is 0 Å². The highest BCUT2D eigenvalue weighted by Crippen LogP contribution is 2.19. The number of benzene rings is 1. The third-order valence-electron chi connectivity index (χ3n) is 1.16. The Labute approximate surface area is 66.6 Å². The standard InChI is InChI=1S/C7H3ClF2O/c8-4-2-1-3-5(9)6(4)7(10)11/h1-3H. The van der Waals surface area contributed by atoms with Crippen LogP contribution in [0.2, 0.25) is 5.02 Å². The van der Waals surface area contributed by atoms with Gasteiger partial charge in [0.05, 0.1) is 5.02 Å². The van der Waals surface area contributed by atoms with Crippen LogP contribution in [0.4, 0.5) is 8.78 Å². The van der Waals surface area contributed by atoms with Gasteiger partial charge < -0.3 is 0 Å². The Kier molecular flexibility index (Phi) is 2.19. The zero-order valence-corrected chi connectivity index (χ0v) is 6.03. The molecule has 0 N–H and O–H groups in total. The van der Waals surface area contributed by atoms with Crippen LogP contribution >= 0.6 is 11.6 Å². The molecule has 58 valence electrons. The largest absolute Gasteiger partial charge is 0.336 e. The first-order chi connectivity index (χ1) is 5.13. The summed E-state index contributed by atoms with van der Waals surface area (Å²) < 4.78 is 24.5. The van der Waals surface area contributed by atoms with E-state index in [0.29, 0.717) is 0 Å². The van der Waals surface area contributed by atoms with Gasteiger partial charge in [-0.05, 0) is 12.1 Å². The monoisotopic (exact) mass is 176 g/mol. The maximum absolute atomic E-state index is 12.6. The molecule has 0 heterocycles. The molecule has 0 aliphatic rings. The molecule has 0 unspecified atom stereocenters. The Morgan fingerprint density at radius 1 is 1.45 bits per heavy atom. The fourth-order valence-corrected chi connectivity index (χ4v) is 0.923. The van der Waals surface area contributed by atoms with Crippen LogP contribution in [0.5, 0.6) is 0 Å². The first kappa shape index (κ1) is 8.14. The topological polar surface area (TPSA) is 17.1 Å². The zero-order chi connectivity index (χ0) is 8.43. The maximum Gasteiger partial charge on any atom is 0.336 e. The van der Waals surface area contributed by atoms with E-state index < -0.39 is 17.4 Å². The molecule has 1 aromatic carbocycles. The van der Waals surface area contributed by atoms with Crippen molar-refractivity contribution in [1.82, 2.24) is 0 Å². The van der Waals surface area contributed by atoms with Gasteiger partial charge >= 0.3 is 6.04 Å². The van der Waals surface area contributed by atoms with E-state index >= 15 is 0 Å². The Morgan fingerprint density at radius 2 is 2.09 bits per heavy atom. The molecule has 0 saturated carbocycles. The molecule has 1 aromatic rings. The SMILES string of the molecule is O=C(F)c1c(F)cccc1Cl. The molecule has 11 heavy (non-hydrogen) atoms. The number of carbonyl (C=O) groups is 1.